The number of nitrogens with one attached hydrogen (secondary N) is 2. The third-order valence-corrected chi connectivity index (χ3v) is 3.32. The molecule has 1 aromatic carbocycles. The van der Waals surface area contributed by atoms with Gasteiger partial charge in [0.15, 0.2) is 0 Å². The molecule has 2 rings (SSSR count). The average molecular weight is 219 g/mol. The van der Waals surface area contributed by atoms with Gasteiger partial charge in [0.05, 0.1) is 0 Å². The Bertz CT molecular complexity index is 338. The minimum Gasteiger partial charge on any atom is -0.383 e. The van der Waals surface area contributed by atoms with Gasteiger partial charge in [-0.25, -0.2) is 0 Å². The number of rotatable bonds is 3. The zero-order valence-corrected chi connectivity index (χ0v) is 10.2. The van der Waals surface area contributed by atoms with Gasteiger partial charge in [-0.05, 0) is 25.6 Å². The van der Waals surface area contributed by atoms with E-state index in [1.54, 1.807) is 0 Å². The summed E-state index contributed by atoms with van der Waals surface area (Å²) in [5.74, 6) is 0. The van der Waals surface area contributed by atoms with E-state index in [1.807, 2.05) is 0 Å². The van der Waals surface area contributed by atoms with E-state index in [1.165, 1.54) is 11.3 Å². The second-order valence-corrected chi connectivity index (χ2v) is 4.53. The Morgan fingerprint density at radius 1 is 1.44 bits per heavy atom. The van der Waals surface area contributed by atoms with Gasteiger partial charge in [0.2, 0.25) is 0 Å². The summed E-state index contributed by atoms with van der Waals surface area (Å²) in [6, 6.07) is 9.04. The summed E-state index contributed by atoms with van der Waals surface area (Å²) in [6.45, 7) is 6.48. The summed E-state index contributed by atoms with van der Waals surface area (Å²) in [6.07, 6.45) is 0. The smallest absolute Gasteiger partial charge is 0.0390 e. The van der Waals surface area contributed by atoms with Crippen LogP contribution in [0.4, 0.5) is 5.69 Å². The van der Waals surface area contributed by atoms with Crippen molar-refractivity contribution in [2.24, 2.45) is 0 Å². The normalized spacial score (nSPS) is 22.0. The fourth-order valence-electron chi connectivity index (χ4n) is 2.09. The highest BCUT2D eigenvalue weighted by Crippen LogP contribution is 2.13. The van der Waals surface area contributed by atoms with Gasteiger partial charge >= 0.3 is 0 Å². The van der Waals surface area contributed by atoms with Gasteiger partial charge in [-0.15, -0.1) is 0 Å². The highest BCUT2D eigenvalue weighted by atomic mass is 15.2. The molecule has 1 heterocycles. The Hall–Kier alpha value is -1.06. The Morgan fingerprint density at radius 2 is 2.25 bits per heavy atom. The monoisotopic (exact) mass is 219 g/mol. The van der Waals surface area contributed by atoms with Crippen LogP contribution in [0.15, 0.2) is 24.3 Å². The molecule has 3 heteroatoms. The van der Waals surface area contributed by atoms with Crippen molar-refractivity contribution in [2.75, 3.05) is 38.5 Å². The quantitative estimate of drug-likeness (QED) is 0.802. The van der Waals surface area contributed by atoms with Crippen LogP contribution in [0.3, 0.4) is 0 Å². The number of piperazine rings is 1. The van der Waals surface area contributed by atoms with E-state index >= 15 is 0 Å². The molecule has 0 radical (unpaired) electrons. The Labute approximate surface area is 97.8 Å². The van der Waals surface area contributed by atoms with Crippen LogP contribution in [0.1, 0.15) is 5.56 Å². The van der Waals surface area contributed by atoms with E-state index in [0.29, 0.717) is 6.04 Å². The van der Waals surface area contributed by atoms with E-state index in [0.717, 1.165) is 26.2 Å². The number of benzene rings is 1. The topological polar surface area (TPSA) is 27.3 Å². The highest BCUT2D eigenvalue weighted by molar-refractivity contribution is 5.50. The van der Waals surface area contributed by atoms with Gasteiger partial charge in [-0.1, -0.05) is 18.2 Å². The average Bonchev–Trinajstić information content (AvgIpc) is 2.30. The minimum atomic E-state index is 0.591. The highest BCUT2D eigenvalue weighted by Gasteiger charge is 2.17. The largest absolute Gasteiger partial charge is 0.383 e. The van der Waals surface area contributed by atoms with Crippen molar-refractivity contribution in [3.63, 3.8) is 0 Å². The van der Waals surface area contributed by atoms with Crippen molar-refractivity contribution < 1.29 is 0 Å². The molecule has 0 amide bonds. The summed E-state index contributed by atoms with van der Waals surface area (Å²) >= 11 is 0. The van der Waals surface area contributed by atoms with Crippen LogP contribution < -0.4 is 10.6 Å². The number of aryl methyl sites for hydroxylation is 1. The second-order valence-electron chi connectivity index (χ2n) is 4.53. The van der Waals surface area contributed by atoms with Crippen molar-refractivity contribution in [1.29, 1.82) is 0 Å². The molecule has 16 heavy (non-hydrogen) atoms. The number of hydrogen-bond donors (Lipinski definition) is 2. The van der Waals surface area contributed by atoms with Crippen molar-refractivity contribution in [1.82, 2.24) is 10.2 Å². The first-order chi connectivity index (χ1) is 7.77. The van der Waals surface area contributed by atoms with E-state index in [-0.39, 0.29) is 0 Å². The first-order valence-corrected chi connectivity index (χ1v) is 5.98. The van der Waals surface area contributed by atoms with Crippen LogP contribution in [-0.2, 0) is 0 Å². The predicted octanol–water partition coefficient (Wildman–Crippen LogP) is 1.31. The van der Waals surface area contributed by atoms with E-state index in [2.05, 4.69) is 53.8 Å². The molecule has 1 fully saturated rings. The number of hydrogen-bond acceptors (Lipinski definition) is 3. The van der Waals surface area contributed by atoms with Crippen LogP contribution >= 0.6 is 0 Å². The van der Waals surface area contributed by atoms with Crippen LogP contribution in [0.5, 0.6) is 0 Å². The zero-order valence-electron chi connectivity index (χ0n) is 10.2. The van der Waals surface area contributed by atoms with Gasteiger partial charge in [-0.2, -0.15) is 0 Å². The lowest BCUT2D eigenvalue weighted by Gasteiger charge is -2.33. The van der Waals surface area contributed by atoms with Crippen molar-refractivity contribution in [3.05, 3.63) is 29.8 Å². The minimum absolute atomic E-state index is 0.591. The maximum absolute atomic E-state index is 3.53. The second kappa shape index (κ2) is 5.32. The van der Waals surface area contributed by atoms with Crippen LogP contribution in [-0.4, -0.2) is 44.2 Å². The standard InChI is InChI=1S/C13H21N3/c1-11-5-3-4-6-13(11)15-10-12-9-14-7-8-16(12)2/h3-6,12,14-15H,7-10H2,1-2H3. The lowest BCUT2D eigenvalue weighted by atomic mass is 10.1. The molecular weight excluding hydrogens is 198 g/mol. The maximum atomic E-state index is 3.53. The lowest BCUT2D eigenvalue weighted by Crippen LogP contribution is -2.52. The van der Waals surface area contributed by atoms with Crippen molar-refractivity contribution in [3.8, 4) is 0 Å². The molecule has 1 aromatic rings. The lowest BCUT2D eigenvalue weighted by molar-refractivity contribution is 0.209. The first-order valence-electron chi connectivity index (χ1n) is 5.98. The van der Waals surface area contributed by atoms with Crippen LogP contribution in [0.25, 0.3) is 0 Å². The van der Waals surface area contributed by atoms with Crippen LogP contribution in [0, 0.1) is 6.92 Å². The summed E-state index contributed by atoms with van der Waals surface area (Å²) in [7, 11) is 2.20. The number of likely N-dealkylation sites (N-methyl/N-ethyl adjacent to an activating group) is 1. The Balaban J connectivity index is 1.89. The SMILES string of the molecule is Cc1ccccc1NCC1CNCCN1C. The fourth-order valence-corrected chi connectivity index (χ4v) is 2.09. The van der Waals surface area contributed by atoms with Gasteiger partial charge in [-0.3, -0.25) is 4.90 Å². The third-order valence-electron chi connectivity index (χ3n) is 3.32. The predicted molar refractivity (Wildman–Crippen MR) is 69.0 cm³/mol. The number of para-hydroxylation sites is 1. The van der Waals surface area contributed by atoms with Crippen LogP contribution in [0.2, 0.25) is 0 Å². The molecule has 3 nitrogen and oxygen atoms in total. The molecule has 0 saturated carbocycles. The van der Waals surface area contributed by atoms with E-state index < -0.39 is 0 Å². The summed E-state index contributed by atoms with van der Waals surface area (Å²) in [5, 5.41) is 6.97. The molecule has 0 bridgehead atoms. The number of anilines is 1. The van der Waals surface area contributed by atoms with Crippen molar-refractivity contribution in [2.45, 2.75) is 13.0 Å². The Morgan fingerprint density at radius 3 is 3.00 bits per heavy atom. The molecular formula is C13H21N3. The molecule has 1 saturated heterocycles. The zero-order chi connectivity index (χ0) is 11.4. The molecule has 0 spiro atoms. The summed E-state index contributed by atoms with van der Waals surface area (Å²) in [4.78, 5) is 2.42. The molecule has 1 aliphatic rings. The molecule has 1 unspecified atom stereocenters. The molecule has 1 aliphatic heterocycles. The molecule has 0 aromatic heterocycles. The summed E-state index contributed by atoms with van der Waals surface area (Å²) in [5.41, 5.74) is 2.57. The molecule has 2 N–H and O–H groups in total. The molecule has 88 valence electrons. The van der Waals surface area contributed by atoms with Gasteiger partial charge < -0.3 is 10.6 Å². The number of nitrogens with zero attached hydrogens (tertiary/aromatic N) is 1. The fraction of sp³-hybridized carbons (Fsp3) is 0.538. The maximum Gasteiger partial charge on any atom is 0.0390 e. The first kappa shape index (κ1) is 11.4. The molecule has 0 aliphatic carbocycles. The van der Waals surface area contributed by atoms with E-state index in [4.69, 9.17) is 0 Å². The van der Waals surface area contributed by atoms with E-state index in [9.17, 15) is 0 Å². The van der Waals surface area contributed by atoms with Crippen molar-refractivity contribution >= 4 is 5.69 Å². The third kappa shape index (κ3) is 2.74. The molecule has 1 atom stereocenters. The van der Waals surface area contributed by atoms with Gasteiger partial charge in [0.1, 0.15) is 0 Å². The summed E-state index contributed by atoms with van der Waals surface area (Å²) < 4.78 is 0. The van der Waals surface area contributed by atoms with Gasteiger partial charge in [0, 0.05) is 37.9 Å². The van der Waals surface area contributed by atoms with Gasteiger partial charge in [0.25, 0.3) is 0 Å². The Kier molecular flexibility index (Phi) is 3.80.